The molecular formula is C13H15NO2. The molecule has 1 aromatic carbocycles. The number of nitrogens with one attached hydrogen (secondary N) is 1. The molecule has 2 aromatic rings. The van der Waals surface area contributed by atoms with Crippen molar-refractivity contribution in [1.82, 2.24) is 4.98 Å². The number of H-pyrrole nitrogens is 1. The van der Waals surface area contributed by atoms with Gasteiger partial charge in [-0.25, -0.2) is 0 Å². The Morgan fingerprint density at radius 2 is 2.12 bits per heavy atom. The molecule has 0 aliphatic rings. The van der Waals surface area contributed by atoms with Crippen LogP contribution >= 0.6 is 0 Å². The summed E-state index contributed by atoms with van der Waals surface area (Å²) in [6.45, 7) is 3.95. The van der Waals surface area contributed by atoms with E-state index in [4.69, 9.17) is 4.74 Å². The highest BCUT2D eigenvalue weighted by atomic mass is 16.5. The van der Waals surface area contributed by atoms with Gasteiger partial charge in [-0.2, -0.15) is 0 Å². The van der Waals surface area contributed by atoms with E-state index in [1.165, 1.54) is 0 Å². The van der Waals surface area contributed by atoms with E-state index in [9.17, 15) is 4.79 Å². The number of aromatic amines is 1. The molecule has 0 saturated carbocycles. The third kappa shape index (κ3) is 1.58. The van der Waals surface area contributed by atoms with Crippen molar-refractivity contribution >= 4 is 10.9 Å². The van der Waals surface area contributed by atoms with Crippen LogP contribution in [0.5, 0.6) is 5.75 Å². The van der Waals surface area contributed by atoms with Crippen LogP contribution in [-0.2, 0) is 6.42 Å². The zero-order valence-electron chi connectivity index (χ0n) is 9.76. The van der Waals surface area contributed by atoms with Crippen LogP contribution in [0.1, 0.15) is 18.2 Å². The second kappa shape index (κ2) is 4.00. The summed E-state index contributed by atoms with van der Waals surface area (Å²) < 4.78 is 5.27. The number of pyridine rings is 1. The van der Waals surface area contributed by atoms with Gasteiger partial charge in [0.2, 0.25) is 0 Å². The Bertz CT molecular complexity index is 584. The van der Waals surface area contributed by atoms with Crippen LogP contribution in [0.3, 0.4) is 0 Å². The van der Waals surface area contributed by atoms with Crippen molar-refractivity contribution in [2.24, 2.45) is 0 Å². The van der Waals surface area contributed by atoms with Crippen molar-refractivity contribution in [2.45, 2.75) is 20.3 Å². The van der Waals surface area contributed by atoms with Crippen molar-refractivity contribution in [3.8, 4) is 5.75 Å². The fourth-order valence-corrected chi connectivity index (χ4v) is 1.92. The van der Waals surface area contributed by atoms with E-state index in [-0.39, 0.29) is 5.43 Å². The highest BCUT2D eigenvalue weighted by molar-refractivity contribution is 5.87. The molecule has 0 amide bonds. The van der Waals surface area contributed by atoms with Gasteiger partial charge in [0.15, 0.2) is 5.43 Å². The number of aryl methyl sites for hydroxylation is 2. The van der Waals surface area contributed by atoms with Gasteiger partial charge in [0.05, 0.1) is 18.0 Å². The Balaban J connectivity index is 2.93. The number of hydrogen-bond donors (Lipinski definition) is 1. The summed E-state index contributed by atoms with van der Waals surface area (Å²) in [5.41, 5.74) is 2.76. The van der Waals surface area contributed by atoms with Gasteiger partial charge in [-0.05, 0) is 25.0 Å². The number of methoxy groups -OCH3 is 1. The summed E-state index contributed by atoms with van der Waals surface area (Å²) in [5, 5.41) is 0.719. The van der Waals surface area contributed by atoms with Gasteiger partial charge in [0.1, 0.15) is 5.75 Å². The van der Waals surface area contributed by atoms with Gasteiger partial charge < -0.3 is 9.72 Å². The molecule has 84 valence electrons. The monoisotopic (exact) mass is 217 g/mol. The minimum Gasteiger partial charge on any atom is -0.495 e. The highest BCUT2D eigenvalue weighted by Gasteiger charge is 2.08. The molecule has 0 saturated heterocycles. The smallest absolute Gasteiger partial charge is 0.190 e. The molecule has 0 bridgehead atoms. The summed E-state index contributed by atoms with van der Waals surface area (Å²) in [7, 11) is 1.61. The first-order valence-electron chi connectivity index (χ1n) is 5.37. The predicted molar refractivity (Wildman–Crippen MR) is 65.2 cm³/mol. The first-order valence-corrected chi connectivity index (χ1v) is 5.37. The summed E-state index contributed by atoms with van der Waals surface area (Å²) in [6.07, 6.45) is 0.808. The van der Waals surface area contributed by atoms with Crippen LogP contribution < -0.4 is 10.2 Å². The number of aromatic nitrogens is 1. The maximum atomic E-state index is 12.0. The van der Waals surface area contributed by atoms with Crippen LogP contribution in [0.25, 0.3) is 10.9 Å². The molecule has 0 aliphatic carbocycles. The Kier molecular flexibility index (Phi) is 2.69. The van der Waals surface area contributed by atoms with Crippen LogP contribution in [-0.4, -0.2) is 12.1 Å². The van der Waals surface area contributed by atoms with Gasteiger partial charge in [-0.1, -0.05) is 13.0 Å². The molecule has 1 N–H and O–H groups in total. The summed E-state index contributed by atoms with van der Waals surface area (Å²) in [4.78, 5) is 15.2. The van der Waals surface area contributed by atoms with Crippen molar-refractivity contribution in [1.29, 1.82) is 0 Å². The maximum Gasteiger partial charge on any atom is 0.190 e. The fraction of sp³-hybridized carbons (Fsp3) is 0.308. The molecule has 3 heteroatoms. The highest BCUT2D eigenvalue weighted by Crippen LogP contribution is 2.24. The van der Waals surface area contributed by atoms with E-state index in [2.05, 4.69) is 4.98 Å². The van der Waals surface area contributed by atoms with Crippen molar-refractivity contribution in [3.05, 3.63) is 39.7 Å². The molecule has 0 spiro atoms. The number of ether oxygens (including phenoxy) is 1. The third-order valence-corrected chi connectivity index (χ3v) is 2.81. The quantitative estimate of drug-likeness (QED) is 0.839. The molecule has 1 heterocycles. The molecule has 0 radical (unpaired) electrons. The maximum absolute atomic E-state index is 12.0. The van der Waals surface area contributed by atoms with E-state index in [1.54, 1.807) is 13.2 Å². The summed E-state index contributed by atoms with van der Waals surface area (Å²) in [5.74, 6) is 0.716. The van der Waals surface area contributed by atoms with Crippen molar-refractivity contribution < 1.29 is 4.74 Å². The average molecular weight is 217 g/mol. The van der Waals surface area contributed by atoms with Gasteiger partial charge >= 0.3 is 0 Å². The zero-order chi connectivity index (χ0) is 11.7. The Morgan fingerprint density at radius 1 is 1.38 bits per heavy atom. The normalized spacial score (nSPS) is 10.7. The van der Waals surface area contributed by atoms with E-state index in [1.807, 2.05) is 26.0 Å². The largest absolute Gasteiger partial charge is 0.495 e. The minimum absolute atomic E-state index is 0.0574. The van der Waals surface area contributed by atoms with Crippen LogP contribution in [0.2, 0.25) is 0 Å². The zero-order valence-corrected chi connectivity index (χ0v) is 9.76. The van der Waals surface area contributed by atoms with Crippen LogP contribution in [0, 0.1) is 6.92 Å². The molecule has 0 unspecified atom stereocenters. The molecule has 0 aliphatic heterocycles. The predicted octanol–water partition coefficient (Wildman–Crippen LogP) is 2.41. The lowest BCUT2D eigenvalue weighted by atomic mass is 10.1. The van der Waals surface area contributed by atoms with Gasteiger partial charge in [0.25, 0.3) is 0 Å². The number of fused-ring (bicyclic) bond motifs is 1. The molecule has 0 fully saturated rings. The standard InChI is InChI=1S/C13H15NO2/c1-4-9-7-10(15)12-8(2)5-6-11(16-3)13(12)14-9/h5-7H,4H2,1-3H3,(H,14,15). The fourth-order valence-electron chi connectivity index (χ4n) is 1.92. The summed E-state index contributed by atoms with van der Waals surface area (Å²) >= 11 is 0. The summed E-state index contributed by atoms with van der Waals surface area (Å²) in [6, 6.07) is 5.45. The van der Waals surface area contributed by atoms with E-state index in [0.29, 0.717) is 5.75 Å². The molecule has 16 heavy (non-hydrogen) atoms. The number of hydrogen-bond acceptors (Lipinski definition) is 2. The minimum atomic E-state index is 0.0574. The van der Waals surface area contributed by atoms with Crippen LogP contribution in [0.15, 0.2) is 23.0 Å². The molecule has 2 rings (SSSR count). The van der Waals surface area contributed by atoms with E-state index >= 15 is 0 Å². The Morgan fingerprint density at radius 3 is 2.75 bits per heavy atom. The Hall–Kier alpha value is -1.77. The lowest BCUT2D eigenvalue weighted by Crippen LogP contribution is -2.07. The van der Waals surface area contributed by atoms with Crippen LogP contribution in [0.4, 0.5) is 0 Å². The van der Waals surface area contributed by atoms with Gasteiger partial charge in [0, 0.05) is 11.8 Å². The average Bonchev–Trinajstić information content (AvgIpc) is 2.28. The number of rotatable bonds is 2. The number of benzene rings is 1. The molecular weight excluding hydrogens is 202 g/mol. The first-order chi connectivity index (χ1) is 7.67. The second-order valence-electron chi connectivity index (χ2n) is 3.85. The van der Waals surface area contributed by atoms with Crippen molar-refractivity contribution in [3.63, 3.8) is 0 Å². The first kappa shape index (κ1) is 10.7. The third-order valence-electron chi connectivity index (χ3n) is 2.81. The molecule has 0 atom stereocenters. The van der Waals surface area contributed by atoms with E-state index in [0.717, 1.165) is 28.6 Å². The van der Waals surface area contributed by atoms with Gasteiger partial charge in [-0.15, -0.1) is 0 Å². The molecule has 3 nitrogen and oxygen atoms in total. The molecule has 1 aromatic heterocycles. The topological polar surface area (TPSA) is 42.1 Å². The van der Waals surface area contributed by atoms with E-state index < -0.39 is 0 Å². The Labute approximate surface area is 94.1 Å². The SMILES string of the molecule is CCc1cc(=O)c2c(C)ccc(OC)c2[nH]1. The lowest BCUT2D eigenvalue weighted by Gasteiger charge is -2.09. The van der Waals surface area contributed by atoms with Crippen molar-refractivity contribution in [2.75, 3.05) is 7.11 Å². The van der Waals surface area contributed by atoms with Gasteiger partial charge in [-0.3, -0.25) is 4.79 Å². The second-order valence-corrected chi connectivity index (χ2v) is 3.85. The lowest BCUT2D eigenvalue weighted by molar-refractivity contribution is 0.418.